The van der Waals surface area contributed by atoms with Crippen LogP contribution in [0.3, 0.4) is 0 Å². The summed E-state index contributed by atoms with van der Waals surface area (Å²) in [5, 5.41) is 1.12. The fourth-order valence-electron chi connectivity index (χ4n) is 1.40. The van der Waals surface area contributed by atoms with Crippen molar-refractivity contribution in [2.45, 2.75) is 11.5 Å². The number of hydrogen-bond acceptors (Lipinski definition) is 2. The molecule has 0 N–H and O–H groups in total. The van der Waals surface area contributed by atoms with Gasteiger partial charge in [-0.05, 0) is 17.2 Å². The first kappa shape index (κ1) is 12.7. The lowest BCUT2D eigenvalue weighted by Gasteiger charge is -2.04. The molecule has 0 saturated carbocycles. The van der Waals surface area contributed by atoms with Crippen molar-refractivity contribution in [2.75, 3.05) is 0 Å². The van der Waals surface area contributed by atoms with Gasteiger partial charge in [0.05, 0.1) is 0 Å². The number of hydrogen-bond donors (Lipinski definition) is 0. The molecule has 0 aliphatic carbocycles. The van der Waals surface area contributed by atoms with E-state index in [1.54, 1.807) is 12.3 Å². The molecule has 0 saturated heterocycles. The Bertz CT molecular complexity index is 488. The second kappa shape index (κ2) is 6.29. The van der Waals surface area contributed by atoms with Gasteiger partial charge >= 0.3 is 0 Å². The highest BCUT2D eigenvalue weighted by Gasteiger charge is 2.02. The summed E-state index contributed by atoms with van der Waals surface area (Å²) in [6.45, 7) is 0. The zero-order chi connectivity index (χ0) is 12.1. The van der Waals surface area contributed by atoms with Crippen LogP contribution >= 0.6 is 35.0 Å². The van der Waals surface area contributed by atoms with E-state index in [2.05, 4.69) is 17.1 Å². The molecule has 1 aromatic carbocycles. The van der Waals surface area contributed by atoms with Crippen LogP contribution in [0.25, 0.3) is 0 Å². The van der Waals surface area contributed by atoms with Crippen LogP contribution in [0, 0.1) is 0 Å². The lowest BCUT2D eigenvalue weighted by molar-refractivity contribution is 1.25. The summed E-state index contributed by atoms with van der Waals surface area (Å²) in [4.78, 5) is 4.03. The third kappa shape index (κ3) is 3.91. The molecule has 1 nitrogen and oxygen atoms in total. The molecule has 0 bridgehead atoms. The molecule has 2 aromatic rings. The summed E-state index contributed by atoms with van der Waals surface area (Å²) in [5.74, 6) is 1.82. The third-order valence-corrected chi connectivity index (χ3v) is 3.88. The van der Waals surface area contributed by atoms with Crippen molar-refractivity contribution in [1.82, 2.24) is 4.98 Å². The minimum absolute atomic E-state index is 0.437. The van der Waals surface area contributed by atoms with Crippen molar-refractivity contribution < 1.29 is 0 Å². The average Bonchev–Trinajstić information content (AvgIpc) is 2.33. The highest BCUT2D eigenvalue weighted by molar-refractivity contribution is 7.97. The van der Waals surface area contributed by atoms with Crippen molar-refractivity contribution in [3.05, 3.63) is 63.9 Å². The van der Waals surface area contributed by atoms with Gasteiger partial charge in [0.25, 0.3) is 0 Å². The van der Waals surface area contributed by atoms with Gasteiger partial charge in [-0.2, -0.15) is 11.8 Å². The zero-order valence-corrected chi connectivity index (χ0v) is 11.4. The Morgan fingerprint density at radius 3 is 2.53 bits per heavy atom. The third-order valence-electron chi connectivity index (χ3n) is 2.27. The minimum Gasteiger partial charge on any atom is -0.244 e. The van der Waals surface area contributed by atoms with Gasteiger partial charge in [-0.25, -0.2) is 4.98 Å². The molecule has 17 heavy (non-hydrogen) atoms. The Kier molecular flexibility index (Phi) is 4.72. The summed E-state index contributed by atoms with van der Waals surface area (Å²) in [7, 11) is 0. The molecule has 88 valence electrons. The molecular weight excluding hydrogens is 273 g/mol. The average molecular weight is 284 g/mol. The molecule has 0 amide bonds. The minimum atomic E-state index is 0.437. The first-order valence-corrected chi connectivity index (χ1v) is 7.08. The van der Waals surface area contributed by atoms with E-state index in [-0.39, 0.29) is 0 Å². The summed E-state index contributed by atoms with van der Waals surface area (Å²) in [5.41, 5.74) is 2.34. The standard InChI is InChI=1S/C13H11Cl2NS/c14-12-6-13(15)16-7-11(12)9-17-8-10-4-2-1-3-5-10/h1-7H,8-9H2. The second-order valence-electron chi connectivity index (χ2n) is 3.58. The smallest absolute Gasteiger partial charge is 0.130 e. The number of nitrogens with zero attached hydrogens (tertiary/aromatic N) is 1. The van der Waals surface area contributed by atoms with Crippen LogP contribution in [0.5, 0.6) is 0 Å². The van der Waals surface area contributed by atoms with Crippen molar-refractivity contribution in [2.24, 2.45) is 0 Å². The maximum Gasteiger partial charge on any atom is 0.130 e. The van der Waals surface area contributed by atoms with Gasteiger partial charge in [-0.3, -0.25) is 0 Å². The number of aromatic nitrogens is 1. The number of benzene rings is 1. The summed E-state index contributed by atoms with van der Waals surface area (Å²) in [6.07, 6.45) is 1.74. The monoisotopic (exact) mass is 283 g/mol. The van der Waals surface area contributed by atoms with Crippen molar-refractivity contribution in [3.8, 4) is 0 Å². The Balaban J connectivity index is 1.90. The van der Waals surface area contributed by atoms with Gasteiger partial charge in [-0.1, -0.05) is 53.5 Å². The summed E-state index contributed by atoms with van der Waals surface area (Å²) >= 11 is 13.6. The molecule has 0 radical (unpaired) electrons. The van der Waals surface area contributed by atoms with E-state index < -0.39 is 0 Å². The predicted molar refractivity (Wildman–Crippen MR) is 75.7 cm³/mol. The van der Waals surface area contributed by atoms with Crippen LogP contribution in [-0.2, 0) is 11.5 Å². The van der Waals surface area contributed by atoms with Crippen LogP contribution < -0.4 is 0 Å². The fraction of sp³-hybridized carbons (Fsp3) is 0.154. The van der Waals surface area contributed by atoms with Gasteiger partial charge in [0.1, 0.15) is 5.15 Å². The number of thioether (sulfide) groups is 1. The van der Waals surface area contributed by atoms with E-state index in [0.29, 0.717) is 10.2 Å². The number of pyridine rings is 1. The van der Waals surface area contributed by atoms with Gasteiger partial charge in [0.15, 0.2) is 0 Å². The molecular formula is C13H11Cl2NS. The second-order valence-corrected chi connectivity index (χ2v) is 5.36. The van der Waals surface area contributed by atoms with Crippen LogP contribution in [0.2, 0.25) is 10.2 Å². The molecule has 0 spiro atoms. The largest absolute Gasteiger partial charge is 0.244 e. The summed E-state index contributed by atoms with van der Waals surface area (Å²) in [6, 6.07) is 12.0. The zero-order valence-electron chi connectivity index (χ0n) is 9.07. The van der Waals surface area contributed by atoms with E-state index in [9.17, 15) is 0 Å². The quantitative estimate of drug-likeness (QED) is 0.746. The highest BCUT2D eigenvalue weighted by Crippen LogP contribution is 2.24. The first-order chi connectivity index (χ1) is 8.25. The van der Waals surface area contributed by atoms with E-state index in [1.165, 1.54) is 5.56 Å². The van der Waals surface area contributed by atoms with Crippen molar-refractivity contribution in [3.63, 3.8) is 0 Å². The lowest BCUT2D eigenvalue weighted by Crippen LogP contribution is -1.87. The first-order valence-electron chi connectivity index (χ1n) is 5.17. The molecule has 0 atom stereocenters. The van der Waals surface area contributed by atoms with E-state index in [4.69, 9.17) is 23.2 Å². The van der Waals surface area contributed by atoms with Gasteiger partial charge in [0.2, 0.25) is 0 Å². The lowest BCUT2D eigenvalue weighted by atomic mass is 10.2. The molecule has 4 heteroatoms. The molecule has 1 aromatic heterocycles. The molecule has 2 rings (SSSR count). The summed E-state index contributed by atoms with van der Waals surface area (Å²) < 4.78 is 0. The SMILES string of the molecule is Clc1cc(Cl)c(CSCc2ccccc2)cn1. The van der Waals surface area contributed by atoms with E-state index in [1.807, 2.05) is 30.0 Å². The van der Waals surface area contributed by atoms with Crippen LogP contribution in [-0.4, -0.2) is 4.98 Å². The van der Waals surface area contributed by atoms with Crippen LogP contribution in [0.1, 0.15) is 11.1 Å². The Morgan fingerprint density at radius 1 is 1.06 bits per heavy atom. The molecule has 0 fully saturated rings. The van der Waals surface area contributed by atoms with Crippen LogP contribution in [0.4, 0.5) is 0 Å². The molecule has 1 heterocycles. The number of halogens is 2. The van der Waals surface area contributed by atoms with Gasteiger partial charge in [0, 0.05) is 22.7 Å². The van der Waals surface area contributed by atoms with Crippen molar-refractivity contribution in [1.29, 1.82) is 0 Å². The Morgan fingerprint density at radius 2 is 1.82 bits per heavy atom. The van der Waals surface area contributed by atoms with Crippen molar-refractivity contribution >= 4 is 35.0 Å². The maximum absolute atomic E-state index is 6.07. The Hall–Kier alpha value is -0.700. The van der Waals surface area contributed by atoms with E-state index >= 15 is 0 Å². The normalized spacial score (nSPS) is 10.5. The molecule has 0 aliphatic heterocycles. The topological polar surface area (TPSA) is 12.9 Å². The highest BCUT2D eigenvalue weighted by atomic mass is 35.5. The maximum atomic E-state index is 6.07. The fourth-order valence-corrected chi connectivity index (χ4v) is 2.89. The number of rotatable bonds is 4. The van der Waals surface area contributed by atoms with Gasteiger partial charge in [-0.15, -0.1) is 0 Å². The van der Waals surface area contributed by atoms with Crippen LogP contribution in [0.15, 0.2) is 42.6 Å². The van der Waals surface area contributed by atoms with Gasteiger partial charge < -0.3 is 0 Å². The predicted octanol–water partition coefficient (Wildman–Crippen LogP) is 4.82. The molecule has 0 aliphatic rings. The van der Waals surface area contributed by atoms with E-state index in [0.717, 1.165) is 17.1 Å². The molecule has 0 unspecified atom stereocenters. The Labute approximate surface area is 115 Å².